The topological polar surface area (TPSA) is 96.1 Å². The van der Waals surface area contributed by atoms with Crippen LogP contribution in [-0.2, 0) is 6.42 Å². The molecule has 1 saturated heterocycles. The molecule has 2 heterocycles. The van der Waals surface area contributed by atoms with Crippen LogP contribution in [0, 0.1) is 0 Å². The van der Waals surface area contributed by atoms with Crippen molar-refractivity contribution in [2.45, 2.75) is 57.0 Å². The fourth-order valence-electron chi connectivity index (χ4n) is 3.60. The normalized spacial score (nSPS) is 20.1. The number of phenolic OH excluding ortho intramolecular Hbond substituents is 1. The first-order valence-electron chi connectivity index (χ1n) is 9.63. The molecule has 2 aliphatic rings. The highest BCUT2D eigenvalue weighted by molar-refractivity contribution is 5.66. The number of aromatic nitrogens is 2. The van der Waals surface area contributed by atoms with E-state index in [2.05, 4.69) is 26.7 Å². The van der Waals surface area contributed by atoms with Crippen LogP contribution in [0.3, 0.4) is 0 Å². The number of nitrogens with one attached hydrogen (secondary N) is 2. The van der Waals surface area contributed by atoms with Crippen molar-refractivity contribution in [1.82, 2.24) is 15.3 Å². The number of nitrogen functional groups attached to an aromatic ring is 1. The second-order valence-corrected chi connectivity index (χ2v) is 7.49. The third-order valence-electron chi connectivity index (χ3n) is 5.14. The molecule has 5 N–H and O–H groups in total. The Hall–Kier alpha value is -2.34. The lowest BCUT2D eigenvalue weighted by Gasteiger charge is -2.23. The molecule has 6 nitrogen and oxygen atoms in total. The quantitative estimate of drug-likeness (QED) is 0.637. The van der Waals surface area contributed by atoms with Crippen molar-refractivity contribution in [3.05, 3.63) is 29.8 Å². The number of phenols is 1. The molecule has 1 aliphatic carbocycles. The predicted molar refractivity (Wildman–Crippen MR) is 104 cm³/mol. The van der Waals surface area contributed by atoms with Gasteiger partial charge in [-0.3, -0.25) is 0 Å². The third kappa shape index (κ3) is 4.43. The molecule has 0 radical (unpaired) electrons. The Kier molecular flexibility index (Phi) is 4.93. The lowest BCUT2D eigenvalue weighted by atomic mass is 9.96. The van der Waals surface area contributed by atoms with Crippen LogP contribution in [0.4, 0.5) is 11.8 Å². The summed E-state index contributed by atoms with van der Waals surface area (Å²) >= 11 is 0. The van der Waals surface area contributed by atoms with Crippen LogP contribution in [0.15, 0.2) is 24.3 Å². The Balaban J connectivity index is 1.52. The molecule has 2 aromatic rings. The number of aryl methyl sites for hydroxylation is 1. The molecule has 26 heavy (non-hydrogen) atoms. The Labute approximate surface area is 154 Å². The van der Waals surface area contributed by atoms with Gasteiger partial charge < -0.3 is 21.5 Å². The van der Waals surface area contributed by atoms with E-state index in [1.165, 1.54) is 32.1 Å². The van der Waals surface area contributed by atoms with E-state index < -0.39 is 0 Å². The predicted octanol–water partition coefficient (Wildman–Crippen LogP) is 3.08. The molecule has 1 saturated carbocycles. The van der Waals surface area contributed by atoms with E-state index in [0.29, 0.717) is 12.1 Å². The van der Waals surface area contributed by atoms with Gasteiger partial charge in [0.1, 0.15) is 11.6 Å². The first kappa shape index (κ1) is 17.1. The summed E-state index contributed by atoms with van der Waals surface area (Å²) in [4.78, 5) is 8.63. The number of hydrogen-bond donors (Lipinski definition) is 4. The summed E-state index contributed by atoms with van der Waals surface area (Å²) in [5.41, 5.74) is 8.64. The van der Waals surface area contributed by atoms with E-state index in [1.807, 2.05) is 12.1 Å². The highest BCUT2D eigenvalue weighted by atomic mass is 16.3. The number of aromatic hydroxyl groups is 1. The van der Waals surface area contributed by atoms with Gasteiger partial charge in [0.15, 0.2) is 0 Å². The number of nitrogens with two attached hydrogens (primary N) is 1. The molecule has 0 spiro atoms. The molecule has 1 aromatic carbocycles. The van der Waals surface area contributed by atoms with Gasteiger partial charge in [-0.25, -0.2) is 4.98 Å². The van der Waals surface area contributed by atoms with Gasteiger partial charge in [0.2, 0.25) is 5.95 Å². The van der Waals surface area contributed by atoms with Gasteiger partial charge in [0.25, 0.3) is 0 Å². The minimum absolute atomic E-state index is 0.252. The molecular weight excluding hydrogens is 326 g/mol. The number of hydrogen-bond acceptors (Lipinski definition) is 6. The van der Waals surface area contributed by atoms with Gasteiger partial charge in [0.05, 0.1) is 5.69 Å². The van der Waals surface area contributed by atoms with Gasteiger partial charge in [-0.1, -0.05) is 6.42 Å². The Bertz CT molecular complexity index is 769. The summed E-state index contributed by atoms with van der Waals surface area (Å²) in [7, 11) is 0. The summed E-state index contributed by atoms with van der Waals surface area (Å²) in [5, 5.41) is 17.1. The van der Waals surface area contributed by atoms with Crippen molar-refractivity contribution in [1.29, 1.82) is 0 Å². The summed E-state index contributed by atoms with van der Waals surface area (Å²) in [6.07, 6.45) is 8.19. The molecule has 0 bridgehead atoms. The fraction of sp³-hybridized carbons (Fsp3) is 0.500. The van der Waals surface area contributed by atoms with E-state index in [0.717, 1.165) is 42.0 Å². The number of benzene rings is 1. The fourth-order valence-corrected chi connectivity index (χ4v) is 3.60. The lowest BCUT2D eigenvalue weighted by Crippen LogP contribution is -2.34. The van der Waals surface area contributed by atoms with Crippen molar-refractivity contribution in [3.63, 3.8) is 0 Å². The van der Waals surface area contributed by atoms with Gasteiger partial charge in [0, 0.05) is 23.7 Å². The van der Waals surface area contributed by atoms with Gasteiger partial charge in [-0.05, 0) is 68.8 Å². The summed E-state index contributed by atoms with van der Waals surface area (Å²) in [6, 6.07) is 8.69. The minimum atomic E-state index is 0.252. The molecular formula is C20H27N5O. The maximum atomic E-state index is 10.2. The molecule has 4 rings (SSSR count). The summed E-state index contributed by atoms with van der Waals surface area (Å²) in [5.74, 6) is 1.27. The molecule has 0 amide bonds. The highest BCUT2D eigenvalue weighted by Gasteiger charge is 2.22. The minimum Gasteiger partial charge on any atom is -0.508 e. The van der Waals surface area contributed by atoms with Crippen LogP contribution in [0.1, 0.15) is 44.1 Å². The van der Waals surface area contributed by atoms with Crippen LogP contribution < -0.4 is 16.4 Å². The maximum absolute atomic E-state index is 10.2. The van der Waals surface area contributed by atoms with Crippen LogP contribution >= 0.6 is 0 Å². The molecule has 6 heteroatoms. The number of rotatable bonds is 6. The van der Waals surface area contributed by atoms with Crippen molar-refractivity contribution in [2.75, 3.05) is 17.6 Å². The number of nitrogens with zero attached hydrogens (tertiary/aromatic N) is 2. The zero-order valence-corrected chi connectivity index (χ0v) is 15.0. The molecule has 1 unspecified atom stereocenters. The van der Waals surface area contributed by atoms with Crippen LogP contribution in [-0.4, -0.2) is 33.7 Å². The molecule has 1 atom stereocenters. The van der Waals surface area contributed by atoms with Crippen molar-refractivity contribution in [3.8, 4) is 17.0 Å². The molecule has 138 valence electrons. The zero-order valence-electron chi connectivity index (χ0n) is 15.0. The van der Waals surface area contributed by atoms with Crippen LogP contribution in [0.2, 0.25) is 0 Å². The summed E-state index contributed by atoms with van der Waals surface area (Å²) in [6.45, 7) is 1.12. The number of anilines is 2. The van der Waals surface area contributed by atoms with Crippen LogP contribution in [0.25, 0.3) is 11.3 Å². The standard InChI is InChI=1S/C20H27N5O/c21-20-24-18(12-19(25-20)23-16-6-7-16)14-9-13(10-17(26)11-14)4-5-15-3-1-2-8-22-15/h9-12,15-16,22,26H,1-8H2,(H3,21,23,24,25). The second kappa shape index (κ2) is 7.50. The third-order valence-corrected chi connectivity index (χ3v) is 5.14. The van der Waals surface area contributed by atoms with E-state index >= 15 is 0 Å². The van der Waals surface area contributed by atoms with E-state index in [1.54, 1.807) is 6.07 Å². The average molecular weight is 353 g/mol. The molecule has 1 aromatic heterocycles. The van der Waals surface area contributed by atoms with Gasteiger partial charge in [-0.15, -0.1) is 0 Å². The average Bonchev–Trinajstić information content (AvgIpc) is 3.44. The van der Waals surface area contributed by atoms with Crippen molar-refractivity contribution < 1.29 is 5.11 Å². The second-order valence-electron chi connectivity index (χ2n) is 7.49. The largest absolute Gasteiger partial charge is 0.508 e. The van der Waals surface area contributed by atoms with E-state index in [4.69, 9.17) is 5.73 Å². The lowest BCUT2D eigenvalue weighted by molar-refractivity contribution is 0.382. The molecule has 2 fully saturated rings. The Morgan fingerprint density at radius 1 is 1.12 bits per heavy atom. The van der Waals surface area contributed by atoms with Gasteiger partial charge >= 0.3 is 0 Å². The molecule has 1 aliphatic heterocycles. The Morgan fingerprint density at radius 3 is 2.77 bits per heavy atom. The Morgan fingerprint density at radius 2 is 2.00 bits per heavy atom. The summed E-state index contributed by atoms with van der Waals surface area (Å²) < 4.78 is 0. The smallest absolute Gasteiger partial charge is 0.222 e. The first-order chi connectivity index (χ1) is 12.7. The highest BCUT2D eigenvalue weighted by Crippen LogP contribution is 2.29. The first-order valence-corrected chi connectivity index (χ1v) is 9.63. The number of piperidine rings is 1. The van der Waals surface area contributed by atoms with Crippen LogP contribution in [0.5, 0.6) is 5.75 Å². The monoisotopic (exact) mass is 353 g/mol. The van der Waals surface area contributed by atoms with Crippen molar-refractivity contribution >= 4 is 11.8 Å². The zero-order chi connectivity index (χ0) is 17.9. The van der Waals surface area contributed by atoms with E-state index in [-0.39, 0.29) is 11.7 Å². The van der Waals surface area contributed by atoms with E-state index in [9.17, 15) is 5.11 Å². The van der Waals surface area contributed by atoms with Gasteiger partial charge in [-0.2, -0.15) is 4.98 Å². The SMILES string of the molecule is Nc1nc(NC2CC2)cc(-c2cc(O)cc(CCC3CCCCN3)c2)n1. The maximum Gasteiger partial charge on any atom is 0.222 e. The van der Waals surface area contributed by atoms with Crippen molar-refractivity contribution in [2.24, 2.45) is 0 Å².